The summed E-state index contributed by atoms with van der Waals surface area (Å²) >= 11 is 0. The van der Waals surface area contributed by atoms with E-state index in [9.17, 15) is 24.1 Å². The SMILES string of the molecule is O=C(Cn1cnc2cc([N+](=O)[O-])ccc2c1=O)Nc1ccccc1F. The molecule has 1 aromatic heterocycles. The van der Waals surface area contributed by atoms with Gasteiger partial charge in [0.25, 0.3) is 11.2 Å². The Morgan fingerprint density at radius 1 is 1.28 bits per heavy atom. The summed E-state index contributed by atoms with van der Waals surface area (Å²) in [5.74, 6) is -1.19. The molecule has 3 rings (SSSR count). The lowest BCUT2D eigenvalue weighted by Crippen LogP contribution is -2.28. The number of nitro groups is 1. The molecule has 0 aliphatic carbocycles. The number of halogens is 1. The second-order valence-electron chi connectivity index (χ2n) is 5.16. The molecule has 0 saturated carbocycles. The van der Waals surface area contributed by atoms with Gasteiger partial charge in [0.1, 0.15) is 12.4 Å². The first-order valence-electron chi connectivity index (χ1n) is 7.13. The molecule has 0 spiro atoms. The van der Waals surface area contributed by atoms with Gasteiger partial charge in [0.05, 0.1) is 27.8 Å². The summed E-state index contributed by atoms with van der Waals surface area (Å²) in [4.78, 5) is 38.5. The Hall–Kier alpha value is -3.62. The molecule has 25 heavy (non-hydrogen) atoms. The number of para-hydroxylation sites is 1. The molecule has 0 aliphatic rings. The molecule has 0 saturated heterocycles. The number of hydrogen-bond donors (Lipinski definition) is 1. The second kappa shape index (κ2) is 6.48. The number of amides is 1. The number of nitrogens with zero attached hydrogens (tertiary/aromatic N) is 3. The van der Waals surface area contributed by atoms with E-state index >= 15 is 0 Å². The maximum absolute atomic E-state index is 13.5. The number of benzene rings is 2. The Kier molecular flexibility index (Phi) is 4.21. The number of nitrogens with one attached hydrogen (secondary N) is 1. The molecule has 1 amide bonds. The number of hydrogen-bond acceptors (Lipinski definition) is 5. The molecule has 2 aromatic carbocycles. The number of carbonyl (C=O) groups excluding carboxylic acids is 1. The predicted molar refractivity (Wildman–Crippen MR) is 87.7 cm³/mol. The molecule has 0 aliphatic heterocycles. The van der Waals surface area contributed by atoms with Crippen LogP contribution in [-0.2, 0) is 11.3 Å². The van der Waals surface area contributed by atoms with E-state index in [1.807, 2.05) is 0 Å². The topological polar surface area (TPSA) is 107 Å². The summed E-state index contributed by atoms with van der Waals surface area (Å²) in [6.07, 6.45) is 1.12. The molecule has 0 atom stereocenters. The average Bonchev–Trinajstić information content (AvgIpc) is 2.59. The van der Waals surface area contributed by atoms with Crippen LogP contribution >= 0.6 is 0 Å². The van der Waals surface area contributed by atoms with Crippen LogP contribution in [0.3, 0.4) is 0 Å². The van der Waals surface area contributed by atoms with Crippen molar-refractivity contribution in [2.45, 2.75) is 6.54 Å². The maximum atomic E-state index is 13.5. The number of nitro benzene ring substituents is 1. The number of carbonyl (C=O) groups is 1. The zero-order chi connectivity index (χ0) is 18.0. The number of non-ortho nitro benzene ring substituents is 1. The predicted octanol–water partition coefficient (Wildman–Crippen LogP) is 2.08. The van der Waals surface area contributed by atoms with E-state index in [0.717, 1.165) is 10.9 Å². The highest BCUT2D eigenvalue weighted by Crippen LogP contribution is 2.16. The van der Waals surface area contributed by atoms with E-state index in [4.69, 9.17) is 0 Å². The highest BCUT2D eigenvalue weighted by molar-refractivity contribution is 5.90. The van der Waals surface area contributed by atoms with Crippen molar-refractivity contribution in [3.05, 3.63) is 75.1 Å². The monoisotopic (exact) mass is 342 g/mol. The van der Waals surface area contributed by atoms with Crippen molar-refractivity contribution < 1.29 is 14.1 Å². The van der Waals surface area contributed by atoms with E-state index in [-0.39, 0.29) is 28.8 Å². The summed E-state index contributed by atoms with van der Waals surface area (Å²) in [6, 6.07) is 9.31. The molecular weight excluding hydrogens is 331 g/mol. The van der Waals surface area contributed by atoms with Crippen LogP contribution in [-0.4, -0.2) is 20.4 Å². The fourth-order valence-corrected chi connectivity index (χ4v) is 2.28. The van der Waals surface area contributed by atoms with Gasteiger partial charge in [-0.1, -0.05) is 12.1 Å². The van der Waals surface area contributed by atoms with E-state index in [0.29, 0.717) is 0 Å². The maximum Gasteiger partial charge on any atom is 0.271 e. The minimum Gasteiger partial charge on any atom is -0.322 e. The molecule has 0 bridgehead atoms. The van der Waals surface area contributed by atoms with Crippen LogP contribution in [0.2, 0.25) is 0 Å². The Balaban J connectivity index is 1.86. The molecule has 1 N–H and O–H groups in total. The summed E-state index contributed by atoms with van der Waals surface area (Å²) in [6.45, 7) is -0.368. The third-order valence-corrected chi connectivity index (χ3v) is 3.48. The molecule has 3 aromatic rings. The summed E-state index contributed by atoms with van der Waals surface area (Å²) in [5.41, 5.74) is -0.548. The van der Waals surface area contributed by atoms with Crippen molar-refractivity contribution in [1.29, 1.82) is 0 Å². The van der Waals surface area contributed by atoms with E-state index in [2.05, 4.69) is 10.3 Å². The molecule has 9 heteroatoms. The van der Waals surface area contributed by atoms with Gasteiger partial charge in [-0.05, 0) is 18.2 Å². The molecule has 0 radical (unpaired) electrons. The van der Waals surface area contributed by atoms with Crippen molar-refractivity contribution in [3.8, 4) is 0 Å². The van der Waals surface area contributed by atoms with Gasteiger partial charge in [-0.25, -0.2) is 9.37 Å². The number of anilines is 1. The van der Waals surface area contributed by atoms with Gasteiger partial charge in [-0.2, -0.15) is 0 Å². The Bertz CT molecular complexity index is 1050. The fourth-order valence-electron chi connectivity index (χ4n) is 2.28. The van der Waals surface area contributed by atoms with Crippen molar-refractivity contribution in [3.63, 3.8) is 0 Å². The lowest BCUT2D eigenvalue weighted by Gasteiger charge is -2.08. The number of rotatable bonds is 4. The van der Waals surface area contributed by atoms with Gasteiger partial charge in [0, 0.05) is 12.1 Å². The smallest absolute Gasteiger partial charge is 0.271 e. The first-order chi connectivity index (χ1) is 12.0. The van der Waals surface area contributed by atoms with Crippen LogP contribution in [0.15, 0.2) is 53.6 Å². The highest BCUT2D eigenvalue weighted by Gasteiger charge is 2.13. The van der Waals surface area contributed by atoms with E-state index in [1.165, 1.54) is 36.4 Å². The van der Waals surface area contributed by atoms with E-state index < -0.39 is 22.2 Å². The van der Waals surface area contributed by atoms with Gasteiger partial charge in [0.15, 0.2) is 0 Å². The summed E-state index contributed by atoms with van der Waals surface area (Å²) in [5, 5.41) is 13.3. The molecular formula is C16H11FN4O4. The summed E-state index contributed by atoms with van der Waals surface area (Å²) in [7, 11) is 0. The Labute approximate surface area is 139 Å². The first kappa shape index (κ1) is 16.2. The minimum atomic E-state index is -0.602. The zero-order valence-corrected chi connectivity index (χ0v) is 12.7. The first-order valence-corrected chi connectivity index (χ1v) is 7.13. The van der Waals surface area contributed by atoms with Crippen LogP contribution in [0, 0.1) is 15.9 Å². The third-order valence-electron chi connectivity index (χ3n) is 3.48. The van der Waals surface area contributed by atoms with Gasteiger partial charge in [-0.3, -0.25) is 24.3 Å². The number of fused-ring (bicyclic) bond motifs is 1. The van der Waals surface area contributed by atoms with Gasteiger partial charge in [0.2, 0.25) is 5.91 Å². The fraction of sp³-hybridized carbons (Fsp3) is 0.0625. The third kappa shape index (κ3) is 3.34. The van der Waals surface area contributed by atoms with Crippen LogP contribution in [0.4, 0.5) is 15.8 Å². The zero-order valence-electron chi connectivity index (χ0n) is 12.7. The van der Waals surface area contributed by atoms with Crippen molar-refractivity contribution in [2.75, 3.05) is 5.32 Å². The largest absolute Gasteiger partial charge is 0.322 e. The van der Waals surface area contributed by atoms with Gasteiger partial charge >= 0.3 is 0 Å². The quantitative estimate of drug-likeness (QED) is 0.577. The molecule has 0 unspecified atom stereocenters. The lowest BCUT2D eigenvalue weighted by atomic mass is 10.2. The van der Waals surface area contributed by atoms with E-state index in [1.54, 1.807) is 6.07 Å². The molecule has 126 valence electrons. The normalized spacial score (nSPS) is 10.6. The van der Waals surface area contributed by atoms with Crippen molar-refractivity contribution >= 4 is 28.2 Å². The van der Waals surface area contributed by atoms with Crippen molar-refractivity contribution in [2.24, 2.45) is 0 Å². The van der Waals surface area contributed by atoms with Crippen LogP contribution in [0.5, 0.6) is 0 Å². The lowest BCUT2D eigenvalue weighted by molar-refractivity contribution is -0.384. The Morgan fingerprint density at radius 2 is 2.04 bits per heavy atom. The average molecular weight is 342 g/mol. The summed E-state index contributed by atoms with van der Waals surface area (Å²) < 4.78 is 14.6. The van der Waals surface area contributed by atoms with Crippen LogP contribution in [0.25, 0.3) is 10.9 Å². The molecule has 1 heterocycles. The number of aromatic nitrogens is 2. The van der Waals surface area contributed by atoms with Gasteiger partial charge < -0.3 is 5.32 Å². The highest BCUT2D eigenvalue weighted by atomic mass is 19.1. The van der Waals surface area contributed by atoms with Gasteiger partial charge in [-0.15, -0.1) is 0 Å². The Morgan fingerprint density at radius 3 is 2.76 bits per heavy atom. The minimum absolute atomic E-state index is 0.00456. The molecule has 0 fully saturated rings. The van der Waals surface area contributed by atoms with Crippen LogP contribution < -0.4 is 10.9 Å². The van der Waals surface area contributed by atoms with Crippen LogP contribution in [0.1, 0.15) is 0 Å². The van der Waals surface area contributed by atoms with Crippen molar-refractivity contribution in [1.82, 2.24) is 9.55 Å². The standard InChI is InChI=1S/C16H11FN4O4/c17-12-3-1-2-4-13(12)19-15(22)8-20-9-18-14-7-10(21(24)25)5-6-11(14)16(20)23/h1-7,9H,8H2,(H,19,22). The second-order valence-corrected chi connectivity index (χ2v) is 5.16. The molecule has 8 nitrogen and oxygen atoms in total.